The van der Waals surface area contributed by atoms with Crippen LogP contribution in [0.25, 0.3) is 0 Å². The van der Waals surface area contributed by atoms with Gasteiger partial charge in [0, 0.05) is 71.0 Å². The number of benzene rings is 3. The summed E-state index contributed by atoms with van der Waals surface area (Å²) >= 11 is 6.49. The number of rotatable bonds is 14. The number of anilines is 6. The van der Waals surface area contributed by atoms with Gasteiger partial charge in [-0.1, -0.05) is 29.8 Å². The Morgan fingerprint density at radius 1 is 0.940 bits per heavy atom. The van der Waals surface area contributed by atoms with Crippen molar-refractivity contribution in [1.29, 1.82) is 0 Å². The first-order valence-corrected chi connectivity index (χ1v) is 24.3. The minimum Gasteiger partial charge on any atom is -0.494 e. The number of methoxy groups -OCH3 is 1. The molecular weight excluding hydrogens is 904 g/mol. The molecule has 0 radical (unpaired) electrons. The van der Waals surface area contributed by atoms with Crippen LogP contribution in [0.5, 0.6) is 11.5 Å². The molecule has 8 rings (SSSR count). The fourth-order valence-corrected chi connectivity index (χ4v) is 9.69. The zero-order valence-corrected chi connectivity index (χ0v) is 39.4. The van der Waals surface area contributed by atoms with E-state index in [2.05, 4.69) is 35.7 Å². The summed E-state index contributed by atoms with van der Waals surface area (Å²) in [4.78, 5) is 81.1. The van der Waals surface area contributed by atoms with Crippen molar-refractivity contribution in [3.8, 4) is 11.5 Å². The molecule has 19 nitrogen and oxygen atoms in total. The molecule has 0 aliphatic carbocycles. The van der Waals surface area contributed by atoms with Crippen LogP contribution in [0.1, 0.15) is 58.9 Å². The largest absolute Gasteiger partial charge is 0.494 e. The molecule has 3 fully saturated rings. The zero-order chi connectivity index (χ0) is 47.7. The average Bonchev–Trinajstić information content (AvgIpc) is 3.56. The number of halogens is 1. The Balaban J connectivity index is 0.826. The van der Waals surface area contributed by atoms with Crippen LogP contribution in [-0.4, -0.2) is 141 Å². The van der Waals surface area contributed by atoms with Crippen LogP contribution in [0.3, 0.4) is 0 Å². The Bertz CT molecular complexity index is 2730. The van der Waals surface area contributed by atoms with Crippen LogP contribution >= 0.6 is 11.6 Å². The maximum absolute atomic E-state index is 13.6. The van der Waals surface area contributed by atoms with Crippen LogP contribution in [-0.2, 0) is 24.4 Å². The summed E-state index contributed by atoms with van der Waals surface area (Å²) in [6.45, 7) is 9.10. The van der Waals surface area contributed by atoms with Crippen molar-refractivity contribution in [3.05, 3.63) is 82.5 Å². The van der Waals surface area contributed by atoms with Gasteiger partial charge in [-0.05, 0) is 74.9 Å². The number of likely N-dealkylation sites (tertiary alicyclic amines) is 1. The topological polar surface area (TPSA) is 216 Å². The molecule has 5 heterocycles. The number of hydrogen-bond donors (Lipinski definition) is 3. The summed E-state index contributed by atoms with van der Waals surface area (Å²) < 4.78 is 37.7. The van der Waals surface area contributed by atoms with Crippen LogP contribution in [0, 0.1) is 12.8 Å². The quantitative estimate of drug-likeness (QED) is 0.148. The summed E-state index contributed by atoms with van der Waals surface area (Å²) in [5.41, 5.74) is 3.76. The van der Waals surface area contributed by atoms with Crippen molar-refractivity contribution in [3.63, 3.8) is 0 Å². The number of fused-ring (bicyclic) bond motifs is 1. The second kappa shape index (κ2) is 19.4. The molecule has 354 valence electrons. The molecule has 5 amide bonds. The molecule has 3 N–H and O–H groups in total. The average molecular weight is 958 g/mol. The molecule has 4 aliphatic heterocycles. The van der Waals surface area contributed by atoms with E-state index in [0.29, 0.717) is 41.8 Å². The molecule has 3 aromatic carbocycles. The molecule has 67 heavy (non-hydrogen) atoms. The normalized spacial score (nSPS) is 18.7. The minimum atomic E-state index is -3.53. The first-order valence-electron chi connectivity index (χ1n) is 22.1. The van der Waals surface area contributed by atoms with Gasteiger partial charge in [-0.3, -0.25) is 43.4 Å². The van der Waals surface area contributed by atoms with Gasteiger partial charge in [0.05, 0.1) is 47.8 Å². The van der Waals surface area contributed by atoms with Crippen LogP contribution < -0.4 is 34.6 Å². The number of aromatic nitrogens is 2. The molecule has 1 aromatic heterocycles. The van der Waals surface area contributed by atoms with Gasteiger partial charge in [-0.2, -0.15) is 4.98 Å². The molecule has 1 unspecified atom stereocenters. The molecule has 0 bridgehead atoms. The van der Waals surface area contributed by atoms with Crippen molar-refractivity contribution in [1.82, 2.24) is 30.0 Å². The van der Waals surface area contributed by atoms with Crippen molar-refractivity contribution in [2.45, 2.75) is 51.7 Å². The number of carbonyl (C=O) groups excluding carboxylic acids is 5. The number of nitrogens with one attached hydrogen (secondary N) is 3. The number of para-hydroxylation sites is 2. The number of carbonyl (C=O) groups is 5. The third kappa shape index (κ3) is 9.96. The Kier molecular flexibility index (Phi) is 13.6. The Labute approximate surface area is 393 Å². The van der Waals surface area contributed by atoms with E-state index in [4.69, 9.17) is 21.1 Å². The lowest BCUT2D eigenvalue weighted by atomic mass is 9.95. The number of imide groups is 2. The highest BCUT2D eigenvalue weighted by atomic mass is 35.5. The maximum atomic E-state index is 13.6. The highest BCUT2D eigenvalue weighted by molar-refractivity contribution is 7.92. The van der Waals surface area contributed by atoms with Crippen LogP contribution in [0.2, 0.25) is 5.02 Å². The predicted molar refractivity (Wildman–Crippen MR) is 252 cm³/mol. The van der Waals surface area contributed by atoms with E-state index < -0.39 is 45.8 Å². The summed E-state index contributed by atoms with van der Waals surface area (Å²) in [7, 11) is -0.447. The lowest BCUT2D eigenvalue weighted by Crippen LogP contribution is -2.54. The minimum absolute atomic E-state index is 0.00933. The van der Waals surface area contributed by atoms with Crippen LogP contribution in [0.15, 0.2) is 60.8 Å². The van der Waals surface area contributed by atoms with Gasteiger partial charge in [0.1, 0.15) is 22.6 Å². The molecule has 4 aromatic rings. The zero-order valence-electron chi connectivity index (χ0n) is 37.9. The van der Waals surface area contributed by atoms with Crippen molar-refractivity contribution >= 4 is 85.7 Å². The SMILES string of the molecule is COc1cc(N2CCN(CC3CCN(C(=O)[C@H](C)Oc4cccc5c4C(=O)N(C4CCC(=O)NC4=O)C5=O)CC3)CC2)c(C)cc1Nc1ncc(Cl)c(Nc2ccccc2N(C)S(C)(=O)=O)n1. The van der Waals surface area contributed by atoms with E-state index in [1.807, 2.05) is 19.1 Å². The summed E-state index contributed by atoms with van der Waals surface area (Å²) in [5, 5.41) is 8.86. The monoisotopic (exact) mass is 956 g/mol. The van der Waals surface area contributed by atoms with E-state index in [0.717, 1.165) is 68.0 Å². The number of ether oxygens (including phenoxy) is 2. The van der Waals surface area contributed by atoms with E-state index in [1.54, 1.807) is 55.3 Å². The standard InChI is InChI=1S/C46H53ClN10O9S/c1-27-23-33(50-46-48-25-31(47)41(52-46)49-32-10-6-7-11-34(32)53(3)67(5,63)64)38(65-4)24-36(27)55-21-19-54(20-22-55)26-29-15-17-56(18-16-29)43(60)28(2)66-37-12-8-9-30-40(37)45(62)57(44(30)61)35-13-14-39(58)51-42(35)59/h6-12,23-25,28-29,35H,13-22,26H2,1-5H3,(H,51,58,59)(H2,48,49,50,52)/t28-,35?/m0/s1. The molecule has 4 aliphatic rings. The molecule has 0 spiro atoms. The first kappa shape index (κ1) is 47.0. The fraction of sp³-hybridized carbons (Fsp3) is 0.413. The summed E-state index contributed by atoms with van der Waals surface area (Å²) in [5.74, 6) is -1.04. The number of piperazine rings is 1. The van der Waals surface area contributed by atoms with Crippen molar-refractivity contribution < 1.29 is 41.9 Å². The number of hydrogen-bond acceptors (Lipinski definition) is 15. The fourth-order valence-electron chi connectivity index (χ4n) is 9.03. The third-order valence-corrected chi connectivity index (χ3v) is 14.2. The number of aryl methyl sites for hydroxylation is 1. The van der Waals surface area contributed by atoms with Crippen molar-refractivity contribution in [2.75, 3.05) is 86.1 Å². The van der Waals surface area contributed by atoms with E-state index in [-0.39, 0.29) is 52.4 Å². The Hall–Kier alpha value is -6.51. The van der Waals surface area contributed by atoms with Gasteiger partial charge in [-0.15, -0.1) is 0 Å². The van der Waals surface area contributed by atoms with Gasteiger partial charge in [0.25, 0.3) is 17.7 Å². The third-order valence-electron chi connectivity index (χ3n) is 12.7. The first-order chi connectivity index (χ1) is 32.0. The van der Waals surface area contributed by atoms with Gasteiger partial charge in [-0.25, -0.2) is 13.4 Å². The van der Waals surface area contributed by atoms with Crippen LogP contribution in [0.4, 0.5) is 34.5 Å². The molecule has 0 saturated carbocycles. The summed E-state index contributed by atoms with van der Waals surface area (Å²) in [6, 6.07) is 14.4. The van der Waals surface area contributed by atoms with Gasteiger partial charge < -0.3 is 29.9 Å². The lowest BCUT2D eigenvalue weighted by Gasteiger charge is -2.40. The maximum Gasteiger partial charge on any atom is 0.266 e. The number of sulfonamides is 1. The number of nitrogens with zero attached hydrogens (tertiary/aromatic N) is 7. The second-order valence-corrected chi connectivity index (χ2v) is 19.6. The molecular formula is C46H53ClN10O9S. The smallest absolute Gasteiger partial charge is 0.266 e. The Morgan fingerprint density at radius 3 is 2.37 bits per heavy atom. The van der Waals surface area contributed by atoms with E-state index >= 15 is 0 Å². The molecule has 21 heteroatoms. The molecule has 2 atom stereocenters. The summed E-state index contributed by atoms with van der Waals surface area (Å²) in [6.07, 6.45) is 3.39. The van der Waals surface area contributed by atoms with Gasteiger partial charge in [0.2, 0.25) is 27.8 Å². The number of amides is 5. The number of piperidine rings is 2. The van der Waals surface area contributed by atoms with Gasteiger partial charge in [0.15, 0.2) is 11.9 Å². The predicted octanol–water partition coefficient (Wildman–Crippen LogP) is 4.56. The highest BCUT2D eigenvalue weighted by Crippen LogP contribution is 2.38. The highest BCUT2D eigenvalue weighted by Gasteiger charge is 2.46. The van der Waals surface area contributed by atoms with E-state index in [1.165, 1.54) is 23.6 Å². The van der Waals surface area contributed by atoms with Gasteiger partial charge >= 0.3 is 0 Å². The lowest BCUT2D eigenvalue weighted by molar-refractivity contribution is -0.139. The second-order valence-electron chi connectivity index (χ2n) is 17.2. The van der Waals surface area contributed by atoms with Crippen molar-refractivity contribution in [2.24, 2.45) is 5.92 Å². The Morgan fingerprint density at radius 2 is 1.67 bits per heavy atom. The molecule has 3 saturated heterocycles. The van der Waals surface area contributed by atoms with E-state index in [9.17, 15) is 32.4 Å².